The number of likely N-dealkylation sites (N-methyl/N-ethyl adjacent to an activating group) is 1. The van der Waals surface area contributed by atoms with Crippen molar-refractivity contribution in [3.8, 4) is 17.2 Å². The van der Waals surface area contributed by atoms with Crippen LogP contribution in [0.25, 0.3) is 11.0 Å². The number of ether oxygens (including phenoxy) is 2. The van der Waals surface area contributed by atoms with E-state index in [4.69, 9.17) is 15.2 Å². The molecule has 4 N–H and O–H groups in total. The van der Waals surface area contributed by atoms with E-state index in [9.17, 15) is 18.0 Å². The number of carbonyl (C=O) groups excluding carboxylic acids is 2. The smallest absolute Gasteiger partial charge is 0.268 e. The lowest BCUT2D eigenvalue weighted by atomic mass is 9.59. The van der Waals surface area contributed by atoms with Crippen molar-refractivity contribution in [2.24, 2.45) is 5.41 Å². The highest BCUT2D eigenvalue weighted by Gasteiger charge is 2.50. The number of nitrogens with one attached hydrogen (secondary N) is 2. The van der Waals surface area contributed by atoms with E-state index in [1.807, 2.05) is 11.0 Å². The second-order valence-corrected chi connectivity index (χ2v) is 21.6. The predicted octanol–water partition coefficient (Wildman–Crippen LogP) is 8.18. The molecule has 362 valence electrons. The SMILES string of the molecule is CC(C)c1ccccc1C1CCCN1C1CC2(CCN(c3cc(Oc4cnc5[nH]ccc5c4)c(C(=O)NS(=O)(=O)c4ccc(OCC5(F)CCN(C(=O)CN(C)C)CC5)c(N)c4)cc3F)CC2)C1. The van der Waals surface area contributed by atoms with Crippen molar-refractivity contribution in [3.05, 3.63) is 102 Å². The van der Waals surface area contributed by atoms with Crippen molar-refractivity contribution >= 4 is 44.2 Å². The summed E-state index contributed by atoms with van der Waals surface area (Å²) in [7, 11) is -0.987. The molecule has 3 aromatic carbocycles. The number of aromatic amines is 1. The number of nitrogens with two attached hydrogens (primary N) is 1. The van der Waals surface area contributed by atoms with Crippen molar-refractivity contribution in [2.45, 2.75) is 93.8 Å². The molecule has 1 atom stereocenters. The number of likely N-dealkylation sites (tertiary alicyclic amines) is 2. The average molecular weight is 953 g/mol. The number of hydrogen-bond acceptors (Lipinski definition) is 11. The van der Waals surface area contributed by atoms with E-state index in [0.29, 0.717) is 36.7 Å². The molecule has 3 saturated heterocycles. The summed E-state index contributed by atoms with van der Waals surface area (Å²) < 4.78 is 73.6. The Morgan fingerprint density at radius 1 is 0.971 bits per heavy atom. The van der Waals surface area contributed by atoms with Gasteiger partial charge in [-0.3, -0.25) is 14.5 Å². The number of H-pyrrole nitrogens is 1. The number of nitrogen functional groups attached to an aromatic ring is 1. The molecule has 3 aliphatic heterocycles. The van der Waals surface area contributed by atoms with E-state index in [-0.39, 0.29) is 89.5 Å². The number of rotatable bonds is 14. The number of fused-ring (bicyclic) bond motifs is 1. The zero-order chi connectivity index (χ0) is 48.0. The summed E-state index contributed by atoms with van der Waals surface area (Å²) in [5, 5.41) is 0.743. The summed E-state index contributed by atoms with van der Waals surface area (Å²) in [5.74, 6) is -1.14. The maximum absolute atomic E-state index is 16.4. The van der Waals surface area contributed by atoms with Gasteiger partial charge in [-0.2, -0.15) is 0 Å². The van der Waals surface area contributed by atoms with Crippen molar-refractivity contribution in [2.75, 3.05) is 70.6 Å². The monoisotopic (exact) mass is 952 g/mol. The number of piperidine rings is 2. The Kier molecular flexibility index (Phi) is 13.2. The van der Waals surface area contributed by atoms with Gasteiger partial charge in [0.2, 0.25) is 5.91 Å². The molecule has 14 nitrogen and oxygen atoms in total. The van der Waals surface area contributed by atoms with Crippen LogP contribution in [0.3, 0.4) is 0 Å². The van der Waals surface area contributed by atoms with Gasteiger partial charge in [0.25, 0.3) is 15.9 Å². The quantitative estimate of drug-likeness (QED) is 0.0920. The number of benzene rings is 3. The lowest BCUT2D eigenvalue weighted by Crippen LogP contribution is -2.55. The molecule has 0 radical (unpaired) electrons. The summed E-state index contributed by atoms with van der Waals surface area (Å²) in [6.07, 6.45) is 9.73. The molecule has 5 heterocycles. The number of anilines is 2. The second kappa shape index (κ2) is 19.0. The molecule has 9 rings (SSSR count). The van der Waals surface area contributed by atoms with Gasteiger partial charge in [0.05, 0.1) is 34.6 Å². The fraction of sp³-hybridized carbons (Fsp3) is 0.471. The molecular formula is C51H62F2N8O6S. The van der Waals surface area contributed by atoms with Gasteiger partial charge in [-0.1, -0.05) is 38.1 Å². The third-order valence-electron chi connectivity index (χ3n) is 14.6. The Balaban J connectivity index is 0.875. The van der Waals surface area contributed by atoms with Crippen LogP contribution in [0.2, 0.25) is 0 Å². The maximum atomic E-state index is 16.4. The van der Waals surface area contributed by atoms with E-state index in [1.54, 1.807) is 36.2 Å². The predicted molar refractivity (Wildman–Crippen MR) is 258 cm³/mol. The molecule has 1 unspecified atom stereocenters. The van der Waals surface area contributed by atoms with Crippen molar-refractivity contribution in [1.82, 2.24) is 29.4 Å². The van der Waals surface area contributed by atoms with Crippen LogP contribution in [0.4, 0.5) is 20.2 Å². The Morgan fingerprint density at radius 3 is 2.44 bits per heavy atom. The first kappa shape index (κ1) is 47.3. The Morgan fingerprint density at radius 2 is 1.72 bits per heavy atom. The summed E-state index contributed by atoms with van der Waals surface area (Å²) in [4.78, 5) is 41.6. The molecule has 68 heavy (non-hydrogen) atoms. The second-order valence-electron chi connectivity index (χ2n) is 19.9. The van der Waals surface area contributed by atoms with Crippen LogP contribution in [0.15, 0.2) is 84.0 Å². The van der Waals surface area contributed by atoms with Gasteiger partial charge in [0.15, 0.2) is 0 Å². The summed E-state index contributed by atoms with van der Waals surface area (Å²) in [6.45, 7) is 7.23. The first-order chi connectivity index (χ1) is 32.5. The standard InChI is InChI=1S/C51H62F2N8O6S/c1-33(2)38-8-5-6-9-39(38)43-10-7-19-61(43)35-28-50(29-35)14-20-59(21-15-50)44-27-46(67-36-24-34-13-18-55-48(34)56-30-36)40(26-41(44)52)49(63)57-68(64,65)37-11-12-45(42(54)25-37)66-32-51(53)16-22-60(23-17-51)47(62)31-58(3)4/h5-6,8-9,11-13,18,24-27,30,33,35,43H,7,10,14-17,19-23,28-29,31-32,54H2,1-4H3,(H,55,56)(H,57,63). The third-order valence-corrected chi connectivity index (χ3v) is 15.9. The molecule has 4 aliphatic rings. The van der Waals surface area contributed by atoms with E-state index >= 15 is 8.78 Å². The van der Waals surface area contributed by atoms with Crippen LogP contribution in [-0.4, -0.2) is 117 Å². The number of hydrogen-bond donors (Lipinski definition) is 3. The van der Waals surface area contributed by atoms with E-state index in [1.165, 1.54) is 48.4 Å². The fourth-order valence-electron chi connectivity index (χ4n) is 10.8. The molecule has 2 aromatic heterocycles. The number of sulfonamides is 1. The minimum Gasteiger partial charge on any atom is -0.488 e. The zero-order valence-electron chi connectivity index (χ0n) is 39.3. The molecule has 4 fully saturated rings. The van der Waals surface area contributed by atoms with Crippen molar-refractivity contribution < 1.29 is 36.3 Å². The highest BCUT2D eigenvalue weighted by Crippen LogP contribution is 2.54. The van der Waals surface area contributed by atoms with Gasteiger partial charge >= 0.3 is 0 Å². The van der Waals surface area contributed by atoms with Crippen LogP contribution in [0, 0.1) is 11.2 Å². The first-order valence-corrected chi connectivity index (χ1v) is 25.2. The largest absolute Gasteiger partial charge is 0.488 e. The maximum Gasteiger partial charge on any atom is 0.268 e. The number of amides is 2. The molecule has 1 spiro atoms. The number of nitrogens with zero attached hydrogens (tertiary/aromatic N) is 5. The van der Waals surface area contributed by atoms with Crippen LogP contribution in [0.5, 0.6) is 17.2 Å². The fourth-order valence-corrected chi connectivity index (χ4v) is 11.8. The lowest BCUT2D eigenvalue weighted by Gasteiger charge is -2.56. The topological polar surface area (TPSA) is 166 Å². The minimum atomic E-state index is -4.58. The van der Waals surface area contributed by atoms with Gasteiger partial charge in [0, 0.05) is 68.8 Å². The minimum absolute atomic E-state index is 0.0483. The number of carbonyl (C=O) groups is 2. The first-order valence-electron chi connectivity index (χ1n) is 23.7. The lowest BCUT2D eigenvalue weighted by molar-refractivity contribution is -0.134. The Labute approximate surface area is 397 Å². The molecule has 2 amide bonds. The Bertz CT molecular complexity index is 2780. The van der Waals surface area contributed by atoms with Gasteiger partial charge in [-0.25, -0.2) is 26.9 Å². The number of aromatic nitrogens is 2. The van der Waals surface area contributed by atoms with Crippen molar-refractivity contribution in [3.63, 3.8) is 0 Å². The number of alkyl halides is 1. The highest BCUT2D eigenvalue weighted by atomic mass is 32.2. The van der Waals surface area contributed by atoms with Crippen molar-refractivity contribution in [1.29, 1.82) is 0 Å². The van der Waals surface area contributed by atoms with Crippen LogP contribution >= 0.6 is 0 Å². The molecule has 0 bridgehead atoms. The van der Waals surface area contributed by atoms with E-state index in [0.717, 1.165) is 49.7 Å². The number of halogens is 2. The van der Waals surface area contributed by atoms with Crippen LogP contribution < -0.4 is 24.8 Å². The van der Waals surface area contributed by atoms with Gasteiger partial charge < -0.3 is 34.9 Å². The summed E-state index contributed by atoms with van der Waals surface area (Å²) >= 11 is 0. The highest BCUT2D eigenvalue weighted by molar-refractivity contribution is 7.90. The average Bonchev–Trinajstić information content (AvgIpc) is 3.98. The van der Waals surface area contributed by atoms with E-state index in [2.05, 4.69) is 57.7 Å². The zero-order valence-corrected chi connectivity index (χ0v) is 40.1. The Hall–Kier alpha value is -5.78. The molecular weight excluding hydrogens is 891 g/mol. The molecule has 1 aliphatic carbocycles. The summed E-state index contributed by atoms with van der Waals surface area (Å²) in [5.41, 5.74) is 8.01. The van der Waals surface area contributed by atoms with Gasteiger partial charge in [-0.05, 0) is 118 Å². The van der Waals surface area contributed by atoms with E-state index < -0.39 is 27.4 Å². The molecule has 17 heteroatoms. The number of pyridine rings is 1. The third kappa shape index (κ3) is 9.88. The molecule has 1 saturated carbocycles. The van der Waals surface area contributed by atoms with Crippen LogP contribution in [0.1, 0.15) is 98.7 Å². The van der Waals surface area contributed by atoms with Crippen LogP contribution in [-0.2, 0) is 14.8 Å². The van der Waals surface area contributed by atoms with Gasteiger partial charge in [-0.15, -0.1) is 0 Å². The normalized spacial score (nSPS) is 19.7. The molecule has 5 aromatic rings. The summed E-state index contributed by atoms with van der Waals surface area (Å²) in [6, 6.07) is 19.4. The van der Waals surface area contributed by atoms with Gasteiger partial charge in [0.1, 0.15) is 41.0 Å².